The number of carbonyl (C=O) groups excluding carboxylic acids is 1. The summed E-state index contributed by atoms with van der Waals surface area (Å²) in [6, 6.07) is 13.4. The van der Waals surface area contributed by atoms with E-state index in [0.29, 0.717) is 6.54 Å². The molecule has 176 valence electrons. The third-order valence-corrected chi connectivity index (χ3v) is 6.56. The Morgan fingerprint density at radius 3 is 2.42 bits per heavy atom. The van der Waals surface area contributed by atoms with Crippen molar-refractivity contribution >= 4 is 28.7 Å². The fourth-order valence-electron chi connectivity index (χ4n) is 3.63. The molecule has 0 saturated carbocycles. The minimum atomic E-state index is -0.662. The third-order valence-electron chi connectivity index (χ3n) is 5.52. The lowest BCUT2D eigenvalue weighted by molar-refractivity contribution is -0.120. The van der Waals surface area contributed by atoms with Crippen LogP contribution in [-0.4, -0.2) is 40.5 Å². The zero-order valence-corrected chi connectivity index (χ0v) is 20.3. The molecule has 1 unspecified atom stereocenters. The van der Waals surface area contributed by atoms with Gasteiger partial charge >= 0.3 is 5.69 Å². The number of hydrogen-bond donors (Lipinski definition) is 2. The van der Waals surface area contributed by atoms with Gasteiger partial charge in [-0.05, 0) is 36.9 Å². The highest BCUT2D eigenvalue weighted by Crippen LogP contribution is 2.24. The van der Waals surface area contributed by atoms with Gasteiger partial charge in [-0.25, -0.2) is 4.79 Å². The normalized spacial score (nSPS) is 12.3. The fourth-order valence-corrected chi connectivity index (χ4v) is 4.47. The van der Waals surface area contributed by atoms with Crippen LogP contribution in [0.2, 0.25) is 0 Å². The average Bonchev–Trinajstić information content (AvgIpc) is 3.30. The number of aromatic amines is 1. The molecule has 0 aliphatic rings. The van der Waals surface area contributed by atoms with Crippen LogP contribution >= 0.6 is 11.3 Å². The van der Waals surface area contributed by atoms with Crippen LogP contribution in [0.15, 0.2) is 57.4 Å². The average molecular weight is 470 g/mol. The third kappa shape index (κ3) is 5.80. The van der Waals surface area contributed by atoms with Gasteiger partial charge in [0, 0.05) is 17.5 Å². The van der Waals surface area contributed by atoms with Gasteiger partial charge in [0.2, 0.25) is 5.91 Å². The lowest BCUT2D eigenvalue weighted by Crippen LogP contribution is -2.46. The van der Waals surface area contributed by atoms with E-state index in [1.165, 1.54) is 9.47 Å². The Bertz CT molecular complexity index is 1190. The highest BCUT2D eigenvalue weighted by molar-refractivity contribution is 7.10. The van der Waals surface area contributed by atoms with E-state index < -0.39 is 11.2 Å². The zero-order valence-electron chi connectivity index (χ0n) is 19.4. The van der Waals surface area contributed by atoms with Crippen LogP contribution in [0, 0.1) is 5.92 Å². The minimum absolute atomic E-state index is 0.0152. The summed E-state index contributed by atoms with van der Waals surface area (Å²) in [5.41, 5.74) is 5.96. The number of amides is 1. The van der Waals surface area contributed by atoms with Crippen LogP contribution in [0.1, 0.15) is 37.3 Å². The first-order valence-corrected chi connectivity index (χ1v) is 11.8. The van der Waals surface area contributed by atoms with Crippen LogP contribution in [0.5, 0.6) is 0 Å². The summed E-state index contributed by atoms with van der Waals surface area (Å²) in [7, 11) is 1.87. The molecular weight excluding hydrogens is 438 g/mol. The number of aromatic nitrogens is 2. The molecule has 3 N–H and O–H groups in total. The number of nitrogens with two attached hydrogens (primary N) is 1. The van der Waals surface area contributed by atoms with Gasteiger partial charge in [-0.3, -0.25) is 24.0 Å². The maximum Gasteiger partial charge on any atom is 0.330 e. The number of nitrogen functional groups attached to an aromatic ring is 1. The van der Waals surface area contributed by atoms with Gasteiger partial charge in [-0.15, -0.1) is 11.3 Å². The molecule has 8 nitrogen and oxygen atoms in total. The van der Waals surface area contributed by atoms with E-state index in [4.69, 9.17) is 5.73 Å². The number of hydrogen-bond acceptors (Lipinski definition) is 6. The predicted octanol–water partition coefficient (Wildman–Crippen LogP) is 2.91. The molecule has 33 heavy (non-hydrogen) atoms. The zero-order chi connectivity index (χ0) is 24.1. The molecule has 0 spiro atoms. The summed E-state index contributed by atoms with van der Waals surface area (Å²) < 4.78 is 1.30. The molecule has 1 aromatic carbocycles. The summed E-state index contributed by atoms with van der Waals surface area (Å²) in [5.74, 6) is -0.186. The second-order valence-electron chi connectivity index (χ2n) is 8.57. The van der Waals surface area contributed by atoms with Crippen LogP contribution in [0.3, 0.4) is 0 Å². The molecule has 0 aliphatic carbocycles. The molecule has 0 radical (unpaired) electrons. The Morgan fingerprint density at radius 2 is 1.82 bits per heavy atom. The maximum atomic E-state index is 13.4. The molecule has 3 aromatic rings. The molecule has 2 aromatic heterocycles. The Kier molecular flexibility index (Phi) is 7.88. The van der Waals surface area contributed by atoms with Gasteiger partial charge in [0.15, 0.2) is 5.69 Å². The molecule has 1 atom stereocenters. The van der Waals surface area contributed by atoms with Gasteiger partial charge in [0.1, 0.15) is 5.82 Å². The molecule has 2 heterocycles. The number of H-pyrrole nitrogens is 1. The lowest BCUT2D eigenvalue weighted by atomic mass is 10.2. The number of nitrogens with one attached hydrogen (secondary N) is 1. The van der Waals surface area contributed by atoms with Crippen molar-refractivity contribution in [1.29, 1.82) is 0 Å². The van der Waals surface area contributed by atoms with Gasteiger partial charge in [-0.2, -0.15) is 0 Å². The van der Waals surface area contributed by atoms with Crippen molar-refractivity contribution in [3.63, 3.8) is 0 Å². The highest BCUT2D eigenvalue weighted by Gasteiger charge is 2.27. The SMILES string of the molecule is CC(C)CN(C(=O)CN(C)C(C)c1cccs1)c1c(N)n(Cc2ccccc2)c(=O)[nH]c1=O. The predicted molar refractivity (Wildman–Crippen MR) is 134 cm³/mol. The number of likely N-dealkylation sites (N-methyl/N-ethyl adjacent to an activating group) is 1. The largest absolute Gasteiger partial charge is 0.383 e. The monoisotopic (exact) mass is 469 g/mol. The lowest BCUT2D eigenvalue weighted by Gasteiger charge is -2.30. The number of rotatable bonds is 9. The van der Waals surface area contributed by atoms with Crippen molar-refractivity contribution in [3.05, 3.63) is 79.1 Å². The summed E-state index contributed by atoms with van der Waals surface area (Å²) in [4.78, 5) is 45.6. The number of thiophene rings is 1. The number of carbonyl (C=O) groups is 1. The molecule has 9 heteroatoms. The Balaban J connectivity index is 1.96. The highest BCUT2D eigenvalue weighted by atomic mass is 32.1. The van der Waals surface area contributed by atoms with Crippen LogP contribution < -0.4 is 21.9 Å². The minimum Gasteiger partial charge on any atom is -0.383 e. The Morgan fingerprint density at radius 1 is 1.12 bits per heavy atom. The van der Waals surface area contributed by atoms with E-state index in [1.54, 1.807) is 11.3 Å². The van der Waals surface area contributed by atoms with E-state index >= 15 is 0 Å². The summed E-state index contributed by atoms with van der Waals surface area (Å²) in [6.45, 7) is 6.55. The van der Waals surface area contributed by atoms with Crippen molar-refractivity contribution in [1.82, 2.24) is 14.5 Å². The van der Waals surface area contributed by atoms with Gasteiger partial charge < -0.3 is 10.6 Å². The van der Waals surface area contributed by atoms with Gasteiger partial charge in [0.05, 0.1) is 13.1 Å². The molecule has 0 bridgehead atoms. The van der Waals surface area contributed by atoms with Gasteiger partial charge in [0.25, 0.3) is 5.56 Å². The number of nitrogens with zero attached hydrogens (tertiary/aromatic N) is 3. The van der Waals surface area contributed by atoms with E-state index in [0.717, 1.165) is 10.4 Å². The van der Waals surface area contributed by atoms with Crippen molar-refractivity contribution in [2.45, 2.75) is 33.4 Å². The van der Waals surface area contributed by atoms with Crippen molar-refractivity contribution in [2.24, 2.45) is 5.92 Å². The second-order valence-corrected chi connectivity index (χ2v) is 9.55. The van der Waals surface area contributed by atoms with Crippen molar-refractivity contribution in [3.8, 4) is 0 Å². The molecule has 3 rings (SSSR count). The maximum absolute atomic E-state index is 13.4. The first-order valence-electron chi connectivity index (χ1n) is 10.9. The first-order chi connectivity index (χ1) is 15.7. The molecule has 0 saturated heterocycles. The summed E-state index contributed by atoms with van der Waals surface area (Å²) in [6.07, 6.45) is 0. The summed E-state index contributed by atoms with van der Waals surface area (Å²) >= 11 is 1.63. The molecular formula is C24H31N5O3S. The van der Waals surface area contributed by atoms with E-state index in [2.05, 4.69) is 4.98 Å². The number of anilines is 2. The quantitative estimate of drug-likeness (QED) is 0.501. The van der Waals surface area contributed by atoms with Crippen molar-refractivity contribution < 1.29 is 4.79 Å². The standard InChI is InChI=1S/C24H31N5O3S/c1-16(2)13-28(20(30)15-27(4)17(3)19-11-8-12-33-19)21-22(25)29(24(32)26-23(21)31)14-18-9-6-5-7-10-18/h5-12,16-17H,13-15,25H2,1-4H3,(H,26,31,32). The Hall–Kier alpha value is -3.17. The van der Waals surface area contributed by atoms with E-state index in [1.807, 2.05) is 80.6 Å². The van der Waals surface area contributed by atoms with Crippen LogP contribution in [-0.2, 0) is 11.3 Å². The van der Waals surface area contributed by atoms with Gasteiger partial charge in [-0.1, -0.05) is 50.2 Å². The molecule has 0 fully saturated rings. The molecule has 0 aliphatic heterocycles. The summed E-state index contributed by atoms with van der Waals surface area (Å²) in [5, 5.41) is 2.00. The van der Waals surface area contributed by atoms with Crippen LogP contribution in [0.4, 0.5) is 11.5 Å². The second kappa shape index (κ2) is 10.6. The smallest absolute Gasteiger partial charge is 0.330 e. The molecule has 1 amide bonds. The number of benzene rings is 1. The first kappa shape index (κ1) is 24.5. The Labute approximate surface area is 197 Å². The fraction of sp³-hybridized carbons (Fsp3) is 0.375. The van der Waals surface area contributed by atoms with E-state index in [9.17, 15) is 14.4 Å². The van der Waals surface area contributed by atoms with Crippen LogP contribution in [0.25, 0.3) is 0 Å². The van der Waals surface area contributed by atoms with E-state index in [-0.39, 0.29) is 42.5 Å². The topological polar surface area (TPSA) is 104 Å². The van der Waals surface area contributed by atoms with Crippen molar-refractivity contribution in [2.75, 3.05) is 30.8 Å².